The van der Waals surface area contributed by atoms with Crippen molar-refractivity contribution in [1.29, 1.82) is 0 Å². The second-order valence-electron chi connectivity index (χ2n) is 4.88. The molecule has 5 heteroatoms. The number of sulfonamides is 1. The van der Waals surface area contributed by atoms with Gasteiger partial charge in [0.25, 0.3) is 0 Å². The molecule has 1 aromatic rings. The SMILES string of the molecule is Cc1ccc(S(=O)(=O)N2C(C)COCC2C)cc1. The van der Waals surface area contributed by atoms with E-state index in [4.69, 9.17) is 4.74 Å². The number of ether oxygens (including phenoxy) is 1. The molecule has 1 fully saturated rings. The Balaban J connectivity index is 2.38. The van der Waals surface area contributed by atoms with Gasteiger partial charge in [-0.1, -0.05) is 17.7 Å². The molecule has 1 aliphatic heterocycles. The standard InChI is InChI=1S/C13H19NO3S/c1-10-4-6-13(7-5-10)18(15,16)14-11(2)8-17-9-12(14)3/h4-7,11-12H,8-9H2,1-3H3. The Morgan fingerprint density at radius 1 is 1.11 bits per heavy atom. The van der Waals surface area contributed by atoms with Crippen molar-refractivity contribution in [2.24, 2.45) is 0 Å². The fourth-order valence-corrected chi connectivity index (χ4v) is 4.09. The molecule has 1 heterocycles. The van der Waals surface area contributed by atoms with Gasteiger partial charge < -0.3 is 4.74 Å². The summed E-state index contributed by atoms with van der Waals surface area (Å²) in [5.41, 5.74) is 1.05. The van der Waals surface area contributed by atoms with Crippen LogP contribution < -0.4 is 0 Å². The first kappa shape index (κ1) is 13.5. The molecule has 2 unspecified atom stereocenters. The van der Waals surface area contributed by atoms with Crippen LogP contribution in [0.1, 0.15) is 19.4 Å². The third-order valence-corrected chi connectivity index (χ3v) is 5.33. The van der Waals surface area contributed by atoms with Crippen LogP contribution in [0.25, 0.3) is 0 Å². The molecule has 0 saturated carbocycles. The minimum absolute atomic E-state index is 0.125. The summed E-state index contributed by atoms with van der Waals surface area (Å²) >= 11 is 0. The van der Waals surface area contributed by atoms with Crippen molar-refractivity contribution in [2.45, 2.75) is 37.8 Å². The molecule has 0 spiro atoms. The van der Waals surface area contributed by atoms with Gasteiger partial charge in [-0.15, -0.1) is 0 Å². The van der Waals surface area contributed by atoms with Crippen molar-refractivity contribution in [3.63, 3.8) is 0 Å². The van der Waals surface area contributed by atoms with E-state index in [1.54, 1.807) is 16.4 Å². The van der Waals surface area contributed by atoms with Gasteiger partial charge in [0.1, 0.15) is 0 Å². The quantitative estimate of drug-likeness (QED) is 0.822. The molecule has 1 aliphatic rings. The van der Waals surface area contributed by atoms with E-state index in [9.17, 15) is 8.42 Å². The highest BCUT2D eigenvalue weighted by molar-refractivity contribution is 7.89. The minimum atomic E-state index is -3.42. The van der Waals surface area contributed by atoms with Gasteiger partial charge >= 0.3 is 0 Å². The summed E-state index contributed by atoms with van der Waals surface area (Å²) in [5.74, 6) is 0. The monoisotopic (exact) mass is 269 g/mol. The van der Waals surface area contributed by atoms with Crippen LogP contribution in [0.3, 0.4) is 0 Å². The molecule has 1 aromatic carbocycles. The molecule has 2 atom stereocenters. The Bertz CT molecular complexity index is 500. The molecular weight excluding hydrogens is 250 g/mol. The Kier molecular flexibility index (Phi) is 3.75. The maximum absolute atomic E-state index is 12.6. The fraction of sp³-hybridized carbons (Fsp3) is 0.538. The van der Waals surface area contributed by atoms with Crippen LogP contribution in [0.15, 0.2) is 29.2 Å². The van der Waals surface area contributed by atoms with E-state index in [0.29, 0.717) is 18.1 Å². The number of hydrogen-bond donors (Lipinski definition) is 0. The average molecular weight is 269 g/mol. The first-order chi connectivity index (χ1) is 8.43. The zero-order chi connectivity index (χ0) is 13.3. The van der Waals surface area contributed by atoms with E-state index >= 15 is 0 Å². The summed E-state index contributed by atoms with van der Waals surface area (Å²) in [4.78, 5) is 0.355. The first-order valence-corrected chi connectivity index (χ1v) is 7.55. The van der Waals surface area contributed by atoms with Crippen molar-refractivity contribution in [1.82, 2.24) is 4.31 Å². The van der Waals surface area contributed by atoms with Gasteiger partial charge in [-0.3, -0.25) is 0 Å². The van der Waals surface area contributed by atoms with E-state index < -0.39 is 10.0 Å². The van der Waals surface area contributed by atoms with Gasteiger partial charge in [0.15, 0.2) is 0 Å². The average Bonchev–Trinajstić information content (AvgIpc) is 2.29. The van der Waals surface area contributed by atoms with Gasteiger partial charge in [0.05, 0.1) is 18.1 Å². The Morgan fingerprint density at radius 3 is 2.11 bits per heavy atom. The van der Waals surface area contributed by atoms with E-state index in [2.05, 4.69) is 0 Å². The molecule has 0 bridgehead atoms. The lowest BCUT2D eigenvalue weighted by molar-refractivity contribution is 0.00636. The highest BCUT2D eigenvalue weighted by atomic mass is 32.2. The molecule has 1 saturated heterocycles. The highest BCUT2D eigenvalue weighted by Gasteiger charge is 2.36. The van der Waals surface area contributed by atoms with Gasteiger partial charge in [-0.2, -0.15) is 4.31 Å². The lowest BCUT2D eigenvalue weighted by Crippen LogP contribution is -2.52. The Morgan fingerprint density at radius 2 is 1.61 bits per heavy atom. The van der Waals surface area contributed by atoms with Gasteiger partial charge in [0, 0.05) is 12.1 Å². The predicted octanol–water partition coefficient (Wildman–Crippen LogP) is 1.79. The third kappa shape index (κ3) is 2.43. The van der Waals surface area contributed by atoms with Crippen LogP contribution in [-0.2, 0) is 14.8 Å². The lowest BCUT2D eigenvalue weighted by atomic mass is 10.2. The number of rotatable bonds is 2. The molecule has 0 aromatic heterocycles. The van der Waals surface area contributed by atoms with Crippen molar-refractivity contribution >= 4 is 10.0 Å². The van der Waals surface area contributed by atoms with E-state index in [1.807, 2.05) is 32.9 Å². The van der Waals surface area contributed by atoms with Gasteiger partial charge in [-0.25, -0.2) is 8.42 Å². The molecule has 2 rings (SSSR count). The summed E-state index contributed by atoms with van der Waals surface area (Å²) in [6.45, 7) is 6.60. The molecular formula is C13H19NO3S. The molecule has 0 aliphatic carbocycles. The second-order valence-corrected chi connectivity index (χ2v) is 6.73. The van der Waals surface area contributed by atoms with E-state index in [1.165, 1.54) is 0 Å². The molecule has 4 nitrogen and oxygen atoms in total. The van der Waals surface area contributed by atoms with Crippen LogP contribution in [0, 0.1) is 6.92 Å². The van der Waals surface area contributed by atoms with E-state index in [0.717, 1.165) is 5.56 Å². The number of aryl methyl sites for hydroxylation is 1. The zero-order valence-corrected chi connectivity index (χ0v) is 11.8. The lowest BCUT2D eigenvalue weighted by Gasteiger charge is -2.37. The largest absolute Gasteiger partial charge is 0.378 e. The molecule has 0 radical (unpaired) electrons. The number of nitrogens with zero attached hydrogens (tertiary/aromatic N) is 1. The topological polar surface area (TPSA) is 46.6 Å². The normalized spacial score (nSPS) is 26.2. The first-order valence-electron chi connectivity index (χ1n) is 6.11. The summed E-state index contributed by atoms with van der Waals surface area (Å²) in [6.07, 6.45) is 0. The number of morpholine rings is 1. The maximum atomic E-state index is 12.6. The van der Waals surface area contributed by atoms with Crippen molar-refractivity contribution in [3.05, 3.63) is 29.8 Å². The third-order valence-electron chi connectivity index (χ3n) is 3.18. The summed E-state index contributed by atoms with van der Waals surface area (Å²) < 4.78 is 32.1. The Labute approximate surface area is 109 Å². The fourth-order valence-electron chi connectivity index (χ4n) is 2.30. The minimum Gasteiger partial charge on any atom is -0.378 e. The number of benzene rings is 1. The molecule has 100 valence electrons. The van der Waals surface area contributed by atoms with Crippen LogP contribution in [0.2, 0.25) is 0 Å². The van der Waals surface area contributed by atoms with Crippen LogP contribution in [0.5, 0.6) is 0 Å². The van der Waals surface area contributed by atoms with Crippen molar-refractivity contribution in [3.8, 4) is 0 Å². The summed E-state index contributed by atoms with van der Waals surface area (Å²) in [7, 11) is -3.42. The smallest absolute Gasteiger partial charge is 0.243 e. The predicted molar refractivity (Wildman–Crippen MR) is 69.9 cm³/mol. The van der Waals surface area contributed by atoms with Crippen LogP contribution in [0.4, 0.5) is 0 Å². The summed E-state index contributed by atoms with van der Waals surface area (Å²) in [6, 6.07) is 6.73. The molecule has 18 heavy (non-hydrogen) atoms. The van der Waals surface area contributed by atoms with Crippen molar-refractivity contribution in [2.75, 3.05) is 13.2 Å². The molecule has 0 amide bonds. The van der Waals surface area contributed by atoms with Crippen molar-refractivity contribution < 1.29 is 13.2 Å². The van der Waals surface area contributed by atoms with Gasteiger partial charge in [0.2, 0.25) is 10.0 Å². The highest BCUT2D eigenvalue weighted by Crippen LogP contribution is 2.24. The van der Waals surface area contributed by atoms with E-state index in [-0.39, 0.29) is 12.1 Å². The van der Waals surface area contributed by atoms with Crippen LogP contribution in [-0.4, -0.2) is 38.0 Å². The summed E-state index contributed by atoms with van der Waals surface area (Å²) in [5, 5.41) is 0. The Hall–Kier alpha value is -0.910. The van der Waals surface area contributed by atoms with Gasteiger partial charge in [-0.05, 0) is 32.9 Å². The molecule has 0 N–H and O–H groups in total. The van der Waals surface area contributed by atoms with Crippen LogP contribution >= 0.6 is 0 Å². The number of hydrogen-bond acceptors (Lipinski definition) is 3. The second kappa shape index (κ2) is 4.99. The maximum Gasteiger partial charge on any atom is 0.243 e. The zero-order valence-electron chi connectivity index (χ0n) is 11.0.